The van der Waals surface area contributed by atoms with E-state index in [9.17, 15) is 9.90 Å². The van der Waals surface area contributed by atoms with E-state index in [-0.39, 0.29) is 17.4 Å². The lowest BCUT2D eigenvalue weighted by Crippen LogP contribution is -2.29. The van der Waals surface area contributed by atoms with Gasteiger partial charge in [0.1, 0.15) is 11.6 Å². The maximum atomic E-state index is 14.0. The lowest BCUT2D eigenvalue weighted by Gasteiger charge is -2.24. The highest BCUT2D eigenvalue weighted by molar-refractivity contribution is 5.83. The van der Waals surface area contributed by atoms with Crippen LogP contribution in [0.25, 0.3) is 10.9 Å². The number of fused-ring (bicyclic) bond motifs is 1. The summed E-state index contributed by atoms with van der Waals surface area (Å²) in [6.45, 7) is 1.88. The van der Waals surface area contributed by atoms with E-state index in [2.05, 4.69) is 0 Å². The molecule has 0 aliphatic carbocycles. The number of benzene rings is 4. The number of anilines is 2. The highest BCUT2D eigenvalue weighted by Gasteiger charge is 2.21. The van der Waals surface area contributed by atoms with Gasteiger partial charge in [0.25, 0.3) is 5.56 Å². The normalized spacial score (nSPS) is 11.1. The number of aryl methyl sites for hydroxylation is 1. The van der Waals surface area contributed by atoms with Crippen LogP contribution in [0, 0.1) is 6.92 Å². The number of hydrogen-bond acceptors (Lipinski definition) is 4. The summed E-state index contributed by atoms with van der Waals surface area (Å²) in [6, 6.07) is 32.5. The maximum absolute atomic E-state index is 14.0. The Morgan fingerprint density at radius 3 is 2.03 bits per heavy atom. The van der Waals surface area contributed by atoms with Gasteiger partial charge in [0, 0.05) is 24.5 Å². The molecule has 0 saturated carbocycles. The summed E-state index contributed by atoms with van der Waals surface area (Å²) in [7, 11) is 1.91. The smallest absolute Gasteiger partial charge is 0.262 e. The van der Waals surface area contributed by atoms with Crippen molar-refractivity contribution < 1.29 is 5.11 Å². The van der Waals surface area contributed by atoms with E-state index < -0.39 is 0 Å². The van der Waals surface area contributed by atoms with Crippen molar-refractivity contribution in [1.82, 2.24) is 9.55 Å². The van der Waals surface area contributed by atoms with Crippen molar-refractivity contribution in [1.29, 1.82) is 0 Å². The zero-order valence-electron chi connectivity index (χ0n) is 19.1. The molecule has 0 aliphatic rings. The highest BCUT2D eigenvalue weighted by Crippen LogP contribution is 2.30. The molecule has 0 spiro atoms. The number of nitrogens with zero attached hydrogens (tertiary/aromatic N) is 3. The number of aromatic hydroxyl groups is 1. The predicted molar refractivity (Wildman–Crippen MR) is 137 cm³/mol. The monoisotopic (exact) mass is 447 g/mol. The second-order valence-electron chi connectivity index (χ2n) is 8.34. The minimum absolute atomic E-state index is 0.0913. The van der Waals surface area contributed by atoms with Gasteiger partial charge in [0.2, 0.25) is 0 Å². The Morgan fingerprint density at radius 1 is 0.794 bits per heavy atom. The predicted octanol–water partition coefficient (Wildman–Crippen LogP) is 5.82. The minimum Gasteiger partial charge on any atom is -0.508 e. The van der Waals surface area contributed by atoms with Gasteiger partial charge in [-0.05, 0) is 48.4 Å². The van der Waals surface area contributed by atoms with Gasteiger partial charge in [-0.15, -0.1) is 0 Å². The molecule has 5 heteroatoms. The third-order valence-corrected chi connectivity index (χ3v) is 6.15. The number of rotatable bonds is 5. The molecule has 0 amide bonds. The van der Waals surface area contributed by atoms with Gasteiger partial charge in [-0.2, -0.15) is 0 Å². The van der Waals surface area contributed by atoms with Crippen molar-refractivity contribution in [2.75, 3.05) is 11.9 Å². The van der Waals surface area contributed by atoms with E-state index in [4.69, 9.17) is 4.98 Å². The zero-order chi connectivity index (χ0) is 23.7. The molecule has 34 heavy (non-hydrogen) atoms. The first-order chi connectivity index (χ1) is 16.5. The summed E-state index contributed by atoms with van der Waals surface area (Å²) in [5, 5.41) is 10.4. The van der Waals surface area contributed by atoms with E-state index >= 15 is 0 Å². The average Bonchev–Trinajstić information content (AvgIpc) is 2.87. The van der Waals surface area contributed by atoms with Crippen LogP contribution in [0.5, 0.6) is 5.75 Å². The van der Waals surface area contributed by atoms with E-state index in [1.165, 1.54) is 0 Å². The molecule has 5 aromatic rings. The third kappa shape index (κ3) is 3.92. The summed E-state index contributed by atoms with van der Waals surface area (Å²) in [5.41, 5.74) is 4.27. The summed E-state index contributed by atoms with van der Waals surface area (Å²) < 4.78 is 1.78. The van der Waals surface area contributed by atoms with Crippen LogP contribution in [-0.2, 0) is 0 Å². The molecular formula is C29H25N3O2. The van der Waals surface area contributed by atoms with E-state index in [0.29, 0.717) is 16.7 Å². The molecule has 4 aromatic carbocycles. The average molecular weight is 448 g/mol. The number of hydrogen-bond donors (Lipinski definition) is 1. The summed E-state index contributed by atoms with van der Waals surface area (Å²) in [4.78, 5) is 20.7. The standard InChI is InChI=1S/C29H25N3O2/c1-20-30-27-17-16-24(31(2)23-14-9-15-25(33)18-23)19-26(27)29(34)32(20)28(21-10-5-3-6-11-21)22-12-7-4-8-13-22/h3-19,28,33H,1-2H3. The first-order valence-corrected chi connectivity index (χ1v) is 11.2. The van der Waals surface area contributed by atoms with Crippen LogP contribution in [0.1, 0.15) is 23.0 Å². The Bertz CT molecular complexity index is 1470. The van der Waals surface area contributed by atoms with Gasteiger partial charge in [-0.1, -0.05) is 66.7 Å². The molecule has 5 rings (SSSR count). The molecule has 0 radical (unpaired) electrons. The molecule has 0 bridgehead atoms. The van der Waals surface area contributed by atoms with Crippen molar-refractivity contribution in [3.63, 3.8) is 0 Å². The Labute approximate surface area is 198 Å². The second kappa shape index (κ2) is 8.87. The van der Waals surface area contributed by atoms with Gasteiger partial charge in [-0.3, -0.25) is 9.36 Å². The fraction of sp³-hybridized carbons (Fsp3) is 0.103. The van der Waals surface area contributed by atoms with Crippen LogP contribution in [0.2, 0.25) is 0 Å². The van der Waals surface area contributed by atoms with Gasteiger partial charge >= 0.3 is 0 Å². The van der Waals surface area contributed by atoms with Gasteiger partial charge in [0.05, 0.1) is 16.9 Å². The van der Waals surface area contributed by atoms with Crippen molar-refractivity contribution in [2.24, 2.45) is 0 Å². The Kier molecular flexibility index (Phi) is 5.60. The van der Waals surface area contributed by atoms with Crippen LogP contribution in [0.15, 0.2) is 108 Å². The summed E-state index contributed by atoms with van der Waals surface area (Å²) in [6.07, 6.45) is 0. The van der Waals surface area contributed by atoms with Crippen molar-refractivity contribution in [3.05, 3.63) is 130 Å². The molecule has 168 valence electrons. The molecule has 0 fully saturated rings. The Morgan fingerprint density at radius 2 is 1.41 bits per heavy atom. The fourth-order valence-electron chi connectivity index (χ4n) is 4.42. The molecule has 0 saturated heterocycles. The van der Waals surface area contributed by atoms with Gasteiger partial charge in [0.15, 0.2) is 0 Å². The van der Waals surface area contributed by atoms with Crippen molar-refractivity contribution in [3.8, 4) is 5.75 Å². The lowest BCUT2D eigenvalue weighted by atomic mass is 9.98. The molecule has 5 nitrogen and oxygen atoms in total. The highest BCUT2D eigenvalue weighted by atomic mass is 16.3. The SMILES string of the molecule is Cc1nc2ccc(N(C)c3cccc(O)c3)cc2c(=O)n1C(c1ccccc1)c1ccccc1. The zero-order valence-corrected chi connectivity index (χ0v) is 19.1. The first-order valence-electron chi connectivity index (χ1n) is 11.2. The van der Waals surface area contributed by atoms with Crippen LogP contribution in [0.4, 0.5) is 11.4 Å². The van der Waals surface area contributed by atoms with Crippen LogP contribution in [0.3, 0.4) is 0 Å². The fourth-order valence-corrected chi connectivity index (χ4v) is 4.42. The van der Waals surface area contributed by atoms with Crippen molar-refractivity contribution in [2.45, 2.75) is 13.0 Å². The molecule has 0 atom stereocenters. The van der Waals surface area contributed by atoms with Gasteiger partial charge in [-0.25, -0.2) is 4.98 Å². The minimum atomic E-state index is -0.292. The number of phenolic OH excluding ortho intramolecular Hbond substituents is 1. The van der Waals surface area contributed by atoms with Crippen LogP contribution >= 0.6 is 0 Å². The molecule has 1 heterocycles. The van der Waals surface area contributed by atoms with E-state index in [1.54, 1.807) is 22.8 Å². The second-order valence-corrected chi connectivity index (χ2v) is 8.34. The van der Waals surface area contributed by atoms with Crippen molar-refractivity contribution >= 4 is 22.3 Å². The first kappa shape index (κ1) is 21.5. The lowest BCUT2D eigenvalue weighted by molar-refractivity contribution is 0.475. The van der Waals surface area contributed by atoms with E-state index in [0.717, 1.165) is 22.5 Å². The quantitative estimate of drug-likeness (QED) is 0.369. The largest absolute Gasteiger partial charge is 0.508 e. The molecular weight excluding hydrogens is 422 g/mol. The van der Waals surface area contributed by atoms with Crippen LogP contribution < -0.4 is 10.5 Å². The Balaban J connectivity index is 1.70. The summed E-state index contributed by atoms with van der Waals surface area (Å²) in [5.74, 6) is 0.850. The third-order valence-electron chi connectivity index (χ3n) is 6.15. The Hall–Kier alpha value is -4.38. The molecule has 0 unspecified atom stereocenters. The van der Waals surface area contributed by atoms with Crippen LogP contribution in [-0.4, -0.2) is 21.7 Å². The van der Waals surface area contributed by atoms with Gasteiger partial charge < -0.3 is 10.0 Å². The molecule has 1 N–H and O–H groups in total. The molecule has 0 aliphatic heterocycles. The molecule has 1 aromatic heterocycles. The van der Waals surface area contributed by atoms with E-state index in [1.807, 2.05) is 104 Å². The summed E-state index contributed by atoms with van der Waals surface area (Å²) >= 11 is 0. The number of aromatic nitrogens is 2. The number of phenols is 1. The topological polar surface area (TPSA) is 58.4 Å². The maximum Gasteiger partial charge on any atom is 0.262 e.